The van der Waals surface area contributed by atoms with Gasteiger partial charge in [0.2, 0.25) is 0 Å². The second-order valence-electron chi connectivity index (χ2n) is 7.58. The van der Waals surface area contributed by atoms with Gasteiger partial charge < -0.3 is 14.4 Å². The molecule has 2 aromatic carbocycles. The van der Waals surface area contributed by atoms with Crippen molar-refractivity contribution in [2.75, 3.05) is 14.2 Å². The number of hydrogen-bond donors (Lipinski definition) is 0. The Hall–Kier alpha value is -2.49. The SMILES string of the molecule is COc1ccc(CN(C)C(=O)[C@H](C)Oc2ccc(C(C)(C)C)cc2)cc1. The molecule has 0 fully saturated rings. The first kappa shape index (κ1) is 19.8. The zero-order valence-electron chi connectivity index (χ0n) is 16.6. The van der Waals surface area contributed by atoms with E-state index in [1.807, 2.05) is 48.5 Å². The van der Waals surface area contributed by atoms with Crippen molar-refractivity contribution in [1.82, 2.24) is 4.90 Å². The van der Waals surface area contributed by atoms with E-state index >= 15 is 0 Å². The fourth-order valence-corrected chi connectivity index (χ4v) is 2.68. The van der Waals surface area contributed by atoms with Crippen molar-refractivity contribution >= 4 is 5.91 Å². The zero-order chi connectivity index (χ0) is 19.3. The minimum atomic E-state index is -0.543. The Morgan fingerprint density at radius 2 is 1.54 bits per heavy atom. The molecule has 1 amide bonds. The highest BCUT2D eigenvalue weighted by Gasteiger charge is 2.20. The van der Waals surface area contributed by atoms with Gasteiger partial charge in [-0.3, -0.25) is 4.79 Å². The first-order valence-electron chi connectivity index (χ1n) is 8.86. The molecule has 2 rings (SSSR count). The predicted molar refractivity (Wildman–Crippen MR) is 105 cm³/mol. The van der Waals surface area contributed by atoms with Gasteiger partial charge in [0.15, 0.2) is 6.10 Å². The molecule has 0 heterocycles. The first-order valence-corrected chi connectivity index (χ1v) is 8.86. The minimum Gasteiger partial charge on any atom is -0.497 e. The van der Waals surface area contributed by atoms with Crippen LogP contribution in [-0.4, -0.2) is 31.1 Å². The summed E-state index contributed by atoms with van der Waals surface area (Å²) in [6, 6.07) is 15.6. The number of nitrogens with zero attached hydrogens (tertiary/aromatic N) is 1. The summed E-state index contributed by atoms with van der Waals surface area (Å²) in [7, 11) is 3.42. The number of amides is 1. The van der Waals surface area contributed by atoms with Crippen molar-refractivity contribution in [3.05, 3.63) is 59.7 Å². The van der Waals surface area contributed by atoms with Crippen LogP contribution in [-0.2, 0) is 16.8 Å². The van der Waals surface area contributed by atoms with Gasteiger partial charge in [-0.2, -0.15) is 0 Å². The summed E-state index contributed by atoms with van der Waals surface area (Å²) in [6.07, 6.45) is -0.543. The van der Waals surface area contributed by atoms with E-state index in [2.05, 4.69) is 20.8 Å². The van der Waals surface area contributed by atoms with Crippen molar-refractivity contribution in [3.8, 4) is 11.5 Å². The third-order valence-electron chi connectivity index (χ3n) is 4.34. The van der Waals surface area contributed by atoms with E-state index in [0.717, 1.165) is 11.3 Å². The van der Waals surface area contributed by atoms with Crippen molar-refractivity contribution in [2.24, 2.45) is 0 Å². The van der Waals surface area contributed by atoms with Gasteiger partial charge in [-0.05, 0) is 47.7 Å². The monoisotopic (exact) mass is 355 g/mol. The molecule has 0 saturated carbocycles. The van der Waals surface area contributed by atoms with Gasteiger partial charge in [-0.1, -0.05) is 45.0 Å². The van der Waals surface area contributed by atoms with Crippen LogP contribution in [0.2, 0.25) is 0 Å². The number of rotatable bonds is 6. The highest BCUT2D eigenvalue weighted by atomic mass is 16.5. The Morgan fingerprint density at radius 3 is 2.04 bits per heavy atom. The van der Waals surface area contributed by atoms with E-state index in [4.69, 9.17) is 9.47 Å². The largest absolute Gasteiger partial charge is 0.497 e. The standard InChI is InChI=1S/C22H29NO3/c1-16(26-20-13-9-18(10-14-20)22(2,3)4)21(24)23(5)15-17-7-11-19(25-6)12-8-17/h7-14,16H,15H2,1-6H3/t16-/m0/s1. The van der Waals surface area contributed by atoms with Crippen LogP contribution < -0.4 is 9.47 Å². The summed E-state index contributed by atoms with van der Waals surface area (Å²) in [6.45, 7) is 8.82. The van der Waals surface area contributed by atoms with Gasteiger partial charge in [-0.15, -0.1) is 0 Å². The Bertz CT molecular complexity index is 715. The van der Waals surface area contributed by atoms with Crippen LogP contribution in [0.4, 0.5) is 0 Å². The maximum Gasteiger partial charge on any atom is 0.263 e. The van der Waals surface area contributed by atoms with E-state index in [1.165, 1.54) is 5.56 Å². The Labute approximate surface area is 156 Å². The summed E-state index contributed by atoms with van der Waals surface area (Å²) < 4.78 is 11.0. The summed E-state index contributed by atoms with van der Waals surface area (Å²) in [5.74, 6) is 1.45. The molecule has 4 nitrogen and oxygen atoms in total. The number of hydrogen-bond acceptors (Lipinski definition) is 3. The Kier molecular flexibility index (Phi) is 6.30. The van der Waals surface area contributed by atoms with Crippen LogP contribution in [0.15, 0.2) is 48.5 Å². The zero-order valence-corrected chi connectivity index (χ0v) is 16.6. The Morgan fingerprint density at radius 1 is 1.00 bits per heavy atom. The quantitative estimate of drug-likeness (QED) is 0.770. The maximum atomic E-state index is 12.6. The van der Waals surface area contributed by atoms with Gasteiger partial charge in [0, 0.05) is 13.6 Å². The summed E-state index contributed by atoms with van der Waals surface area (Å²) in [5.41, 5.74) is 2.38. The van der Waals surface area contributed by atoms with Crippen LogP contribution in [0.1, 0.15) is 38.8 Å². The molecule has 0 aromatic heterocycles. The summed E-state index contributed by atoms with van der Waals surface area (Å²) in [4.78, 5) is 14.3. The summed E-state index contributed by atoms with van der Waals surface area (Å²) >= 11 is 0. The highest BCUT2D eigenvalue weighted by molar-refractivity contribution is 5.80. The van der Waals surface area contributed by atoms with E-state index in [1.54, 1.807) is 26.0 Å². The third-order valence-corrected chi connectivity index (χ3v) is 4.34. The lowest BCUT2D eigenvalue weighted by molar-refractivity contribution is -0.137. The van der Waals surface area contributed by atoms with Gasteiger partial charge in [0.1, 0.15) is 11.5 Å². The second kappa shape index (κ2) is 8.26. The highest BCUT2D eigenvalue weighted by Crippen LogP contribution is 2.24. The number of benzene rings is 2. The number of methoxy groups -OCH3 is 1. The minimum absolute atomic E-state index is 0.0549. The molecule has 0 spiro atoms. The average Bonchev–Trinajstić information content (AvgIpc) is 2.61. The smallest absolute Gasteiger partial charge is 0.263 e. The molecule has 0 unspecified atom stereocenters. The number of carbonyl (C=O) groups is 1. The van der Waals surface area contributed by atoms with E-state index < -0.39 is 6.10 Å². The van der Waals surface area contributed by atoms with Crippen molar-refractivity contribution in [2.45, 2.75) is 45.8 Å². The van der Waals surface area contributed by atoms with Gasteiger partial charge >= 0.3 is 0 Å². The molecular formula is C22H29NO3. The van der Waals surface area contributed by atoms with E-state index in [9.17, 15) is 4.79 Å². The lowest BCUT2D eigenvalue weighted by Crippen LogP contribution is -2.37. The summed E-state index contributed by atoms with van der Waals surface area (Å²) in [5, 5.41) is 0. The predicted octanol–water partition coefficient (Wildman–Crippen LogP) is 4.42. The normalized spacial score (nSPS) is 12.4. The van der Waals surface area contributed by atoms with Crippen LogP contribution in [0.25, 0.3) is 0 Å². The number of ether oxygens (including phenoxy) is 2. The fourth-order valence-electron chi connectivity index (χ4n) is 2.68. The van der Waals surface area contributed by atoms with Crippen LogP contribution in [0.5, 0.6) is 11.5 Å². The molecule has 0 aliphatic heterocycles. The van der Waals surface area contributed by atoms with Gasteiger partial charge in [0.25, 0.3) is 5.91 Å². The van der Waals surface area contributed by atoms with Crippen LogP contribution >= 0.6 is 0 Å². The van der Waals surface area contributed by atoms with E-state index in [-0.39, 0.29) is 11.3 Å². The molecule has 4 heteroatoms. The molecular weight excluding hydrogens is 326 g/mol. The van der Waals surface area contributed by atoms with Crippen LogP contribution in [0, 0.1) is 0 Å². The molecule has 0 aliphatic rings. The molecule has 26 heavy (non-hydrogen) atoms. The van der Waals surface area contributed by atoms with Crippen LogP contribution in [0.3, 0.4) is 0 Å². The van der Waals surface area contributed by atoms with Crippen molar-refractivity contribution in [1.29, 1.82) is 0 Å². The lowest BCUT2D eigenvalue weighted by atomic mass is 9.87. The second-order valence-corrected chi connectivity index (χ2v) is 7.58. The molecule has 1 atom stereocenters. The van der Waals surface area contributed by atoms with Crippen molar-refractivity contribution in [3.63, 3.8) is 0 Å². The van der Waals surface area contributed by atoms with Crippen molar-refractivity contribution < 1.29 is 14.3 Å². The third kappa shape index (κ3) is 5.25. The molecule has 0 N–H and O–H groups in total. The molecule has 140 valence electrons. The number of likely N-dealkylation sites (N-methyl/N-ethyl adjacent to an activating group) is 1. The lowest BCUT2D eigenvalue weighted by Gasteiger charge is -2.23. The molecule has 2 aromatic rings. The number of carbonyl (C=O) groups excluding carboxylic acids is 1. The molecule has 0 bridgehead atoms. The molecule has 0 aliphatic carbocycles. The maximum absolute atomic E-state index is 12.6. The molecule has 0 saturated heterocycles. The van der Waals surface area contributed by atoms with E-state index in [0.29, 0.717) is 12.3 Å². The first-order chi connectivity index (χ1) is 12.2. The van der Waals surface area contributed by atoms with Gasteiger partial charge in [-0.25, -0.2) is 0 Å². The topological polar surface area (TPSA) is 38.8 Å². The van der Waals surface area contributed by atoms with Gasteiger partial charge in [0.05, 0.1) is 7.11 Å². The average molecular weight is 355 g/mol. The fraction of sp³-hybridized carbons (Fsp3) is 0.409. The molecule has 0 radical (unpaired) electrons. The Balaban J connectivity index is 1.95.